The summed E-state index contributed by atoms with van der Waals surface area (Å²) < 4.78 is 23.7. The van der Waals surface area contributed by atoms with Crippen molar-refractivity contribution in [3.05, 3.63) is 65.5 Å². The number of ether oxygens (including phenoxy) is 2. The molecule has 9 heteroatoms. The minimum Gasteiger partial charge on any atom is -0.459 e. The number of hydrogen-bond acceptors (Lipinski definition) is 6. The second-order valence-electron chi connectivity index (χ2n) is 8.18. The van der Waals surface area contributed by atoms with Crippen LogP contribution in [0.5, 0.6) is 0 Å². The van der Waals surface area contributed by atoms with E-state index in [2.05, 4.69) is 0 Å². The lowest BCUT2D eigenvalue weighted by atomic mass is 10.0. The smallest absolute Gasteiger partial charge is 0.338 e. The summed E-state index contributed by atoms with van der Waals surface area (Å²) >= 11 is 5.79. The number of ketones is 1. The SMILES string of the molecule is CC(C)OC(=O)c1ccc(N2C[C@H](C(=O)O[C@@H](CCCl)C(=O)c3ccc(F)cc3)CC2=O)cc1. The predicted octanol–water partition coefficient (Wildman–Crippen LogP) is 4.17. The topological polar surface area (TPSA) is 90.0 Å². The highest BCUT2D eigenvalue weighted by atomic mass is 35.5. The largest absolute Gasteiger partial charge is 0.459 e. The van der Waals surface area contributed by atoms with Gasteiger partial charge in [0.1, 0.15) is 5.82 Å². The number of benzene rings is 2. The molecule has 1 amide bonds. The van der Waals surface area contributed by atoms with E-state index in [1.165, 1.54) is 17.0 Å². The number of alkyl halides is 1. The number of carbonyl (C=O) groups is 4. The van der Waals surface area contributed by atoms with Gasteiger partial charge in [-0.1, -0.05) is 0 Å². The first-order chi connectivity index (χ1) is 16.2. The van der Waals surface area contributed by atoms with Gasteiger partial charge in [0.25, 0.3) is 0 Å². The predicted molar refractivity (Wildman–Crippen MR) is 123 cm³/mol. The quantitative estimate of drug-likeness (QED) is 0.298. The van der Waals surface area contributed by atoms with Gasteiger partial charge in [0.15, 0.2) is 6.10 Å². The highest BCUT2D eigenvalue weighted by Gasteiger charge is 2.38. The maximum Gasteiger partial charge on any atom is 0.338 e. The van der Waals surface area contributed by atoms with Crippen LogP contribution in [0.25, 0.3) is 0 Å². The highest BCUT2D eigenvalue weighted by Crippen LogP contribution is 2.27. The van der Waals surface area contributed by atoms with E-state index in [1.807, 2.05) is 0 Å². The number of Topliss-reactive ketones (excluding diaryl/α,β-unsaturated/α-hetero) is 1. The van der Waals surface area contributed by atoms with E-state index in [9.17, 15) is 23.6 Å². The lowest BCUT2D eigenvalue weighted by molar-refractivity contribution is -0.151. The fourth-order valence-corrected chi connectivity index (χ4v) is 3.75. The number of carbonyl (C=O) groups excluding carboxylic acids is 4. The van der Waals surface area contributed by atoms with Gasteiger partial charge in [-0.25, -0.2) is 9.18 Å². The number of rotatable bonds is 9. The molecule has 1 saturated heterocycles. The molecule has 1 aliphatic heterocycles. The van der Waals surface area contributed by atoms with Crippen molar-refractivity contribution < 1.29 is 33.0 Å². The zero-order chi connectivity index (χ0) is 24.8. The van der Waals surface area contributed by atoms with Crippen LogP contribution in [0.3, 0.4) is 0 Å². The molecule has 1 heterocycles. The van der Waals surface area contributed by atoms with Gasteiger partial charge in [0.2, 0.25) is 11.7 Å². The zero-order valence-electron chi connectivity index (χ0n) is 18.8. The Kier molecular flexibility index (Phi) is 8.39. The fourth-order valence-electron chi connectivity index (χ4n) is 3.55. The second-order valence-corrected chi connectivity index (χ2v) is 8.56. The van der Waals surface area contributed by atoms with Gasteiger partial charge in [0.05, 0.1) is 17.6 Å². The average Bonchev–Trinajstić information content (AvgIpc) is 3.20. The minimum absolute atomic E-state index is 0.0751. The van der Waals surface area contributed by atoms with Crippen LogP contribution in [0.15, 0.2) is 48.5 Å². The molecule has 0 aromatic heterocycles. The number of amides is 1. The summed E-state index contributed by atoms with van der Waals surface area (Å²) in [6.07, 6.45) is -1.38. The summed E-state index contributed by atoms with van der Waals surface area (Å²) in [6.45, 7) is 3.57. The van der Waals surface area contributed by atoms with E-state index < -0.39 is 35.6 Å². The van der Waals surface area contributed by atoms with Crippen molar-refractivity contribution in [1.82, 2.24) is 0 Å². The van der Waals surface area contributed by atoms with Crippen molar-refractivity contribution in [3.8, 4) is 0 Å². The fraction of sp³-hybridized carbons (Fsp3) is 0.360. The number of hydrogen-bond donors (Lipinski definition) is 0. The number of anilines is 1. The van der Waals surface area contributed by atoms with Crippen LogP contribution in [0.1, 0.15) is 47.4 Å². The third-order valence-electron chi connectivity index (χ3n) is 5.27. The van der Waals surface area contributed by atoms with Crippen molar-refractivity contribution in [3.63, 3.8) is 0 Å². The summed E-state index contributed by atoms with van der Waals surface area (Å²) in [5.74, 6) is -3.09. The first-order valence-electron chi connectivity index (χ1n) is 10.9. The van der Waals surface area contributed by atoms with Crippen molar-refractivity contribution in [2.75, 3.05) is 17.3 Å². The van der Waals surface area contributed by atoms with E-state index in [-0.39, 0.29) is 42.8 Å². The molecule has 1 fully saturated rings. The van der Waals surface area contributed by atoms with E-state index in [0.29, 0.717) is 11.3 Å². The minimum atomic E-state index is -1.13. The summed E-state index contributed by atoms with van der Waals surface area (Å²) in [5, 5.41) is 0. The third-order valence-corrected chi connectivity index (χ3v) is 5.48. The summed E-state index contributed by atoms with van der Waals surface area (Å²) in [5.41, 5.74) is 1.08. The Morgan fingerprint density at radius 3 is 2.24 bits per heavy atom. The van der Waals surface area contributed by atoms with Gasteiger partial charge in [-0.3, -0.25) is 14.4 Å². The van der Waals surface area contributed by atoms with Gasteiger partial charge >= 0.3 is 11.9 Å². The van der Waals surface area contributed by atoms with Crippen molar-refractivity contribution >= 4 is 40.9 Å². The molecule has 0 aliphatic carbocycles. The molecule has 0 unspecified atom stereocenters. The van der Waals surface area contributed by atoms with Crippen molar-refractivity contribution in [1.29, 1.82) is 0 Å². The standard InChI is InChI=1S/C25H25ClFNO6/c1-15(2)33-24(31)17-5-9-20(10-6-17)28-14-18(13-22(28)29)25(32)34-21(11-12-26)23(30)16-3-7-19(27)8-4-16/h3-10,15,18,21H,11-14H2,1-2H3/t18-,21+/m1/s1. The first-order valence-corrected chi connectivity index (χ1v) is 11.4. The lowest BCUT2D eigenvalue weighted by Crippen LogP contribution is -2.32. The number of nitrogens with zero attached hydrogens (tertiary/aromatic N) is 1. The molecule has 2 aromatic carbocycles. The molecular formula is C25H25ClFNO6. The molecule has 0 bridgehead atoms. The molecule has 34 heavy (non-hydrogen) atoms. The molecule has 180 valence electrons. The van der Waals surface area contributed by atoms with E-state index in [0.717, 1.165) is 12.1 Å². The third kappa shape index (κ3) is 6.20. The summed E-state index contributed by atoms with van der Waals surface area (Å²) in [6, 6.07) is 11.2. The van der Waals surface area contributed by atoms with Crippen LogP contribution in [-0.2, 0) is 19.1 Å². The second kappa shape index (κ2) is 11.2. The summed E-state index contributed by atoms with van der Waals surface area (Å²) in [7, 11) is 0. The molecule has 0 radical (unpaired) electrons. The van der Waals surface area contributed by atoms with Crippen molar-refractivity contribution in [2.45, 2.75) is 38.9 Å². The van der Waals surface area contributed by atoms with Gasteiger partial charge in [-0.05, 0) is 62.4 Å². The Bertz CT molecular complexity index is 1050. The Morgan fingerprint density at radius 2 is 1.65 bits per heavy atom. The van der Waals surface area contributed by atoms with Crippen LogP contribution in [0.2, 0.25) is 0 Å². The number of halogens is 2. The first kappa shape index (κ1) is 25.4. The zero-order valence-corrected chi connectivity index (χ0v) is 19.6. The van der Waals surface area contributed by atoms with E-state index in [1.54, 1.807) is 38.1 Å². The van der Waals surface area contributed by atoms with Crippen LogP contribution in [-0.4, -0.2) is 48.3 Å². The van der Waals surface area contributed by atoms with Crippen molar-refractivity contribution in [2.24, 2.45) is 5.92 Å². The van der Waals surface area contributed by atoms with Crippen LogP contribution in [0.4, 0.5) is 10.1 Å². The molecule has 7 nitrogen and oxygen atoms in total. The Labute approximate surface area is 201 Å². The Morgan fingerprint density at radius 1 is 1.03 bits per heavy atom. The molecule has 0 saturated carbocycles. The average molecular weight is 490 g/mol. The molecule has 0 spiro atoms. The Balaban J connectivity index is 1.65. The molecule has 2 atom stereocenters. The maximum atomic E-state index is 13.2. The monoisotopic (exact) mass is 489 g/mol. The molecule has 3 rings (SSSR count). The summed E-state index contributed by atoms with van der Waals surface area (Å²) in [4.78, 5) is 51.5. The molecule has 0 N–H and O–H groups in total. The normalized spacial score (nSPS) is 16.4. The van der Waals surface area contributed by atoms with Crippen LogP contribution in [0, 0.1) is 11.7 Å². The van der Waals surface area contributed by atoms with Gasteiger partial charge in [0, 0.05) is 36.5 Å². The van der Waals surface area contributed by atoms with Crippen LogP contribution < -0.4 is 4.90 Å². The van der Waals surface area contributed by atoms with E-state index >= 15 is 0 Å². The van der Waals surface area contributed by atoms with Crippen LogP contribution >= 0.6 is 11.6 Å². The number of esters is 2. The van der Waals surface area contributed by atoms with Gasteiger partial charge in [-0.15, -0.1) is 11.6 Å². The molecular weight excluding hydrogens is 465 g/mol. The highest BCUT2D eigenvalue weighted by molar-refractivity contribution is 6.18. The van der Waals surface area contributed by atoms with Gasteiger partial charge in [-0.2, -0.15) is 0 Å². The maximum absolute atomic E-state index is 13.2. The Hall–Kier alpha value is -3.26. The van der Waals surface area contributed by atoms with E-state index in [4.69, 9.17) is 21.1 Å². The van der Waals surface area contributed by atoms with Gasteiger partial charge < -0.3 is 14.4 Å². The molecule has 1 aliphatic rings. The lowest BCUT2D eigenvalue weighted by Gasteiger charge is -2.19. The molecule has 2 aromatic rings.